The number of nitrogens with zero attached hydrogens (tertiary/aromatic N) is 8. The summed E-state index contributed by atoms with van der Waals surface area (Å²) in [6, 6.07) is 1.01. The summed E-state index contributed by atoms with van der Waals surface area (Å²) >= 11 is 12.3. The van der Waals surface area contributed by atoms with E-state index in [1.165, 1.54) is 116 Å². The molecule has 0 bridgehead atoms. The smallest absolute Gasteiger partial charge is 0.226 e. The van der Waals surface area contributed by atoms with Crippen LogP contribution < -0.4 is 10.6 Å². The molecule has 0 saturated heterocycles. The van der Waals surface area contributed by atoms with Crippen LogP contribution in [0.2, 0.25) is 10.6 Å². The Balaban J connectivity index is 0.000000188. The molecule has 0 amide bonds. The molecule has 2 aliphatic carbocycles. The number of anilines is 2. The highest BCUT2D eigenvalue weighted by Crippen LogP contribution is 2.34. The van der Waals surface area contributed by atoms with E-state index in [-0.39, 0.29) is 0 Å². The lowest BCUT2D eigenvalue weighted by atomic mass is 10.1. The van der Waals surface area contributed by atoms with Gasteiger partial charge < -0.3 is 19.8 Å². The average Bonchev–Trinajstić information content (AvgIpc) is 3.91. The fourth-order valence-electron chi connectivity index (χ4n) is 7.15. The lowest BCUT2D eigenvalue weighted by molar-refractivity contribution is 0.529. The van der Waals surface area contributed by atoms with Gasteiger partial charge >= 0.3 is 0 Å². The van der Waals surface area contributed by atoms with Gasteiger partial charge in [0.1, 0.15) is 0 Å². The van der Waals surface area contributed by atoms with Gasteiger partial charge in [-0.05, 0) is 61.7 Å². The lowest BCUT2D eigenvalue weighted by Crippen LogP contribution is -2.07. The number of imidazole rings is 2. The molecule has 2 aliphatic rings. The van der Waals surface area contributed by atoms with E-state index in [4.69, 9.17) is 23.2 Å². The highest BCUT2D eigenvalue weighted by Gasteiger charge is 2.23. The van der Waals surface area contributed by atoms with Crippen molar-refractivity contribution >= 4 is 57.2 Å². The van der Waals surface area contributed by atoms with Crippen LogP contribution in [0.5, 0.6) is 0 Å². The Morgan fingerprint density at radius 2 is 0.938 bits per heavy atom. The molecular formula is C36H56Cl2N10. The van der Waals surface area contributed by atoms with E-state index in [0.29, 0.717) is 22.7 Å². The number of fused-ring (bicyclic) bond motifs is 2. The summed E-state index contributed by atoms with van der Waals surface area (Å²) in [6.07, 6.45) is 29.1. The molecule has 4 aromatic heterocycles. The second-order valence-electron chi connectivity index (χ2n) is 13.6. The molecule has 0 unspecified atom stereocenters. The third kappa shape index (κ3) is 10.2. The average molecular weight is 700 g/mol. The van der Waals surface area contributed by atoms with Crippen LogP contribution in [0.3, 0.4) is 0 Å². The van der Waals surface area contributed by atoms with E-state index in [1.807, 2.05) is 12.7 Å². The maximum Gasteiger partial charge on any atom is 0.226 e. The minimum atomic E-state index is 0.299. The summed E-state index contributed by atoms with van der Waals surface area (Å²) in [6.45, 7) is 6.31. The molecule has 4 heterocycles. The van der Waals surface area contributed by atoms with Crippen LogP contribution in [0.15, 0.2) is 12.7 Å². The first-order chi connectivity index (χ1) is 23.6. The maximum atomic E-state index is 6.15. The molecule has 0 spiro atoms. The van der Waals surface area contributed by atoms with Crippen molar-refractivity contribution in [3.63, 3.8) is 0 Å². The summed E-state index contributed by atoms with van der Waals surface area (Å²) in [5, 5.41) is 7.42. The molecule has 2 fully saturated rings. The monoisotopic (exact) mass is 698 g/mol. The van der Waals surface area contributed by atoms with Crippen molar-refractivity contribution in [2.45, 2.75) is 154 Å². The molecule has 12 heteroatoms. The molecule has 48 heavy (non-hydrogen) atoms. The van der Waals surface area contributed by atoms with Crippen LogP contribution in [0, 0.1) is 0 Å². The number of aromatic nitrogens is 8. The SMILES string of the molecule is CCCCCCCCNc1nc(Cl)nc2c1ncn2C1CCCC1.CCCCCCCCNc1nc(Cl)nc2c1ncn2C1CCCC1. The third-order valence-corrected chi connectivity index (χ3v) is 10.2. The number of unbranched alkanes of at least 4 members (excludes halogenated alkanes) is 10. The largest absolute Gasteiger partial charge is 0.368 e. The zero-order valence-corrected chi connectivity index (χ0v) is 30.7. The predicted molar refractivity (Wildman–Crippen MR) is 199 cm³/mol. The van der Waals surface area contributed by atoms with Crippen LogP contribution in [-0.2, 0) is 0 Å². The molecule has 0 radical (unpaired) electrons. The molecule has 0 aromatic carbocycles. The Morgan fingerprint density at radius 1 is 0.562 bits per heavy atom. The van der Waals surface area contributed by atoms with Crippen molar-refractivity contribution in [2.75, 3.05) is 23.7 Å². The summed E-state index contributed by atoms with van der Waals surface area (Å²) in [7, 11) is 0. The van der Waals surface area contributed by atoms with Gasteiger partial charge in [-0.25, -0.2) is 9.97 Å². The van der Waals surface area contributed by atoms with Crippen LogP contribution >= 0.6 is 23.2 Å². The molecule has 0 atom stereocenters. The molecule has 264 valence electrons. The van der Waals surface area contributed by atoms with Gasteiger partial charge in [-0.1, -0.05) is 104 Å². The van der Waals surface area contributed by atoms with Crippen molar-refractivity contribution in [1.29, 1.82) is 0 Å². The fourth-order valence-corrected chi connectivity index (χ4v) is 7.48. The highest BCUT2D eigenvalue weighted by atomic mass is 35.5. The Labute approximate surface area is 296 Å². The molecule has 2 saturated carbocycles. The second kappa shape index (κ2) is 19.5. The molecule has 0 aliphatic heterocycles. The highest BCUT2D eigenvalue weighted by molar-refractivity contribution is 6.29. The van der Waals surface area contributed by atoms with Crippen molar-refractivity contribution < 1.29 is 0 Å². The van der Waals surface area contributed by atoms with Crippen molar-refractivity contribution in [3.8, 4) is 0 Å². The summed E-state index contributed by atoms with van der Waals surface area (Å²) in [4.78, 5) is 26.7. The number of halogens is 2. The number of nitrogens with one attached hydrogen (secondary N) is 2. The molecule has 4 aromatic rings. The molecular weight excluding hydrogens is 643 g/mol. The maximum absolute atomic E-state index is 6.15. The first-order valence-electron chi connectivity index (χ1n) is 18.9. The van der Waals surface area contributed by atoms with E-state index in [2.05, 4.69) is 63.5 Å². The Morgan fingerprint density at radius 3 is 1.33 bits per heavy atom. The number of hydrogen-bond acceptors (Lipinski definition) is 8. The lowest BCUT2D eigenvalue weighted by Gasteiger charge is -2.12. The first-order valence-corrected chi connectivity index (χ1v) is 19.6. The summed E-state index contributed by atoms with van der Waals surface area (Å²) in [5.74, 6) is 1.55. The zero-order valence-electron chi connectivity index (χ0n) is 29.2. The van der Waals surface area contributed by atoms with E-state index >= 15 is 0 Å². The summed E-state index contributed by atoms with van der Waals surface area (Å²) < 4.78 is 4.37. The summed E-state index contributed by atoms with van der Waals surface area (Å²) in [5.41, 5.74) is 3.43. The van der Waals surface area contributed by atoms with Crippen LogP contribution in [0.1, 0.15) is 154 Å². The molecule has 6 rings (SSSR count). The van der Waals surface area contributed by atoms with Crippen LogP contribution in [0.25, 0.3) is 22.3 Å². The Hall–Kier alpha value is -2.72. The van der Waals surface area contributed by atoms with Gasteiger partial charge in [-0.15, -0.1) is 0 Å². The number of hydrogen-bond donors (Lipinski definition) is 2. The van der Waals surface area contributed by atoms with Gasteiger partial charge in [0, 0.05) is 25.2 Å². The van der Waals surface area contributed by atoms with Crippen LogP contribution in [0.4, 0.5) is 11.6 Å². The first kappa shape index (κ1) is 36.6. The van der Waals surface area contributed by atoms with E-state index in [1.54, 1.807) is 0 Å². The van der Waals surface area contributed by atoms with E-state index in [9.17, 15) is 0 Å². The quantitative estimate of drug-likeness (QED) is 0.0780. The Bertz CT molecular complexity index is 1410. The second-order valence-corrected chi connectivity index (χ2v) is 14.3. The topological polar surface area (TPSA) is 111 Å². The van der Waals surface area contributed by atoms with Gasteiger partial charge in [0.25, 0.3) is 0 Å². The van der Waals surface area contributed by atoms with E-state index < -0.39 is 0 Å². The third-order valence-electron chi connectivity index (χ3n) is 9.87. The van der Waals surface area contributed by atoms with Crippen molar-refractivity contribution in [1.82, 2.24) is 39.0 Å². The predicted octanol–water partition coefficient (Wildman–Crippen LogP) is 10.7. The normalized spacial score (nSPS) is 15.4. The number of rotatable bonds is 18. The van der Waals surface area contributed by atoms with Gasteiger partial charge in [0.15, 0.2) is 34.0 Å². The standard InChI is InChI=1S/2C18H28ClN5/c2*1-2-3-4-5-6-9-12-20-16-15-17(23-18(19)22-16)24(13-21-15)14-10-7-8-11-14/h2*13-14H,2-12H2,1H3,(H,20,22,23). The van der Waals surface area contributed by atoms with Crippen molar-refractivity contribution in [2.24, 2.45) is 0 Å². The van der Waals surface area contributed by atoms with Gasteiger partial charge in [-0.3, -0.25) is 0 Å². The molecule has 2 N–H and O–H groups in total. The Kier molecular flexibility index (Phi) is 14.8. The van der Waals surface area contributed by atoms with E-state index in [0.717, 1.165) is 59.9 Å². The van der Waals surface area contributed by atoms with Gasteiger partial charge in [-0.2, -0.15) is 19.9 Å². The van der Waals surface area contributed by atoms with Gasteiger partial charge in [0.05, 0.1) is 12.7 Å². The van der Waals surface area contributed by atoms with Gasteiger partial charge in [0.2, 0.25) is 10.6 Å². The van der Waals surface area contributed by atoms with Crippen molar-refractivity contribution in [3.05, 3.63) is 23.2 Å². The van der Waals surface area contributed by atoms with Crippen LogP contribution in [-0.4, -0.2) is 52.1 Å². The molecule has 10 nitrogen and oxygen atoms in total. The minimum absolute atomic E-state index is 0.299. The fraction of sp³-hybridized carbons (Fsp3) is 0.722. The minimum Gasteiger partial charge on any atom is -0.368 e. The zero-order chi connectivity index (χ0) is 33.6.